The Kier molecular flexibility index (Phi) is 2.54. The van der Waals surface area contributed by atoms with Gasteiger partial charge in [0.25, 0.3) is 0 Å². The monoisotopic (exact) mass is 186 g/mol. The molecular formula is C7H8BFO4. The maximum absolute atomic E-state index is 13.4. The van der Waals surface area contributed by atoms with Crippen LogP contribution in [0, 0.1) is 0 Å². The Balaban J connectivity index is 2.96. The largest absolute Gasteiger partial charge is 0.500 e. The van der Waals surface area contributed by atoms with Crippen LogP contribution < -0.4 is 0 Å². The SMILES string of the molecule is O=C(O)C1=CC(F)(B(O)O)C=CC1. The Morgan fingerprint density at radius 1 is 1.62 bits per heavy atom. The number of carbonyl (C=O) groups is 1. The van der Waals surface area contributed by atoms with Crippen molar-refractivity contribution >= 4 is 13.1 Å². The molecule has 1 aliphatic carbocycles. The first-order valence-corrected chi connectivity index (χ1v) is 3.63. The zero-order valence-electron chi connectivity index (χ0n) is 6.64. The van der Waals surface area contributed by atoms with E-state index >= 15 is 0 Å². The second kappa shape index (κ2) is 3.31. The van der Waals surface area contributed by atoms with Crippen molar-refractivity contribution in [3.05, 3.63) is 23.8 Å². The van der Waals surface area contributed by atoms with Gasteiger partial charge >= 0.3 is 13.1 Å². The van der Waals surface area contributed by atoms with Gasteiger partial charge in [-0.2, -0.15) is 0 Å². The van der Waals surface area contributed by atoms with Crippen LogP contribution in [0.3, 0.4) is 0 Å². The highest BCUT2D eigenvalue weighted by Gasteiger charge is 2.40. The maximum Gasteiger partial charge on any atom is 0.500 e. The van der Waals surface area contributed by atoms with Crippen LogP contribution >= 0.6 is 0 Å². The average molecular weight is 186 g/mol. The Bertz CT molecular complexity index is 286. The van der Waals surface area contributed by atoms with Gasteiger partial charge in [0.15, 0.2) is 5.57 Å². The molecule has 0 spiro atoms. The minimum Gasteiger partial charge on any atom is -0.478 e. The molecular weight excluding hydrogens is 178 g/mol. The van der Waals surface area contributed by atoms with Crippen molar-refractivity contribution < 1.29 is 24.3 Å². The molecule has 0 radical (unpaired) electrons. The molecule has 70 valence electrons. The van der Waals surface area contributed by atoms with Crippen LogP contribution in [-0.4, -0.2) is 33.8 Å². The molecule has 0 amide bonds. The first kappa shape index (κ1) is 9.95. The number of hydrogen-bond acceptors (Lipinski definition) is 3. The summed E-state index contributed by atoms with van der Waals surface area (Å²) in [6.45, 7) is 0. The van der Waals surface area contributed by atoms with Gasteiger partial charge in [-0.15, -0.1) is 0 Å². The van der Waals surface area contributed by atoms with Crippen LogP contribution in [0.15, 0.2) is 23.8 Å². The summed E-state index contributed by atoms with van der Waals surface area (Å²) in [6.07, 6.45) is 2.99. The van der Waals surface area contributed by atoms with Crippen molar-refractivity contribution in [3.63, 3.8) is 0 Å². The van der Waals surface area contributed by atoms with Crippen molar-refractivity contribution in [2.24, 2.45) is 0 Å². The van der Waals surface area contributed by atoms with Gasteiger partial charge in [0.05, 0.1) is 0 Å². The topological polar surface area (TPSA) is 77.8 Å². The number of allylic oxidation sites excluding steroid dienone is 3. The number of alkyl halides is 1. The molecule has 1 atom stereocenters. The predicted octanol–water partition coefficient (Wildman–Crippen LogP) is -0.322. The molecule has 1 unspecified atom stereocenters. The normalized spacial score (nSPS) is 26.8. The fraction of sp³-hybridized carbons (Fsp3) is 0.286. The summed E-state index contributed by atoms with van der Waals surface area (Å²) in [7, 11) is -2.24. The van der Waals surface area contributed by atoms with E-state index in [-0.39, 0.29) is 12.0 Å². The minimum absolute atomic E-state index is 0.0910. The van der Waals surface area contributed by atoms with Gasteiger partial charge in [0.2, 0.25) is 0 Å². The van der Waals surface area contributed by atoms with Crippen molar-refractivity contribution in [2.45, 2.75) is 12.0 Å². The van der Waals surface area contributed by atoms with Crippen LogP contribution in [-0.2, 0) is 4.79 Å². The smallest absolute Gasteiger partial charge is 0.478 e. The number of halogens is 1. The molecule has 1 aliphatic rings. The molecule has 0 aromatic rings. The molecule has 0 heterocycles. The third kappa shape index (κ3) is 1.96. The number of aliphatic carboxylic acids is 1. The third-order valence-electron chi connectivity index (χ3n) is 1.78. The lowest BCUT2D eigenvalue weighted by atomic mass is 9.67. The summed E-state index contributed by atoms with van der Waals surface area (Å²) in [5, 5.41) is 25.8. The molecule has 4 nitrogen and oxygen atoms in total. The van der Waals surface area contributed by atoms with E-state index in [4.69, 9.17) is 15.2 Å². The van der Waals surface area contributed by atoms with E-state index in [0.29, 0.717) is 6.08 Å². The highest BCUT2D eigenvalue weighted by Crippen LogP contribution is 2.25. The van der Waals surface area contributed by atoms with Crippen LogP contribution in [0.25, 0.3) is 0 Å². The van der Waals surface area contributed by atoms with Crippen LogP contribution in [0.5, 0.6) is 0 Å². The van der Waals surface area contributed by atoms with Gasteiger partial charge in [-0.25, -0.2) is 9.18 Å². The van der Waals surface area contributed by atoms with Gasteiger partial charge in [-0.3, -0.25) is 0 Å². The Morgan fingerprint density at radius 3 is 2.69 bits per heavy atom. The van der Waals surface area contributed by atoms with Crippen LogP contribution in [0.4, 0.5) is 4.39 Å². The van der Waals surface area contributed by atoms with Crippen molar-refractivity contribution in [3.8, 4) is 0 Å². The molecule has 0 saturated carbocycles. The standard InChI is InChI=1S/C7H8BFO4/c9-7(8(12)13)3-1-2-5(4-7)6(10)11/h1,3-4,12-13H,2H2,(H,10,11). The van der Waals surface area contributed by atoms with Gasteiger partial charge in [0.1, 0.15) is 0 Å². The second-order valence-electron chi connectivity index (χ2n) is 2.78. The lowest BCUT2D eigenvalue weighted by Gasteiger charge is -2.20. The summed E-state index contributed by atoms with van der Waals surface area (Å²) < 4.78 is 13.4. The van der Waals surface area contributed by atoms with E-state index in [1.807, 2.05) is 0 Å². The molecule has 0 aromatic heterocycles. The second-order valence-corrected chi connectivity index (χ2v) is 2.78. The fourth-order valence-corrected chi connectivity index (χ4v) is 1.05. The number of rotatable bonds is 2. The van der Waals surface area contributed by atoms with Crippen molar-refractivity contribution in [1.82, 2.24) is 0 Å². The Morgan fingerprint density at radius 2 is 2.23 bits per heavy atom. The van der Waals surface area contributed by atoms with Crippen LogP contribution in [0.2, 0.25) is 0 Å². The number of carboxylic acids is 1. The van der Waals surface area contributed by atoms with E-state index in [2.05, 4.69) is 0 Å². The Hall–Kier alpha value is -1.14. The lowest BCUT2D eigenvalue weighted by molar-refractivity contribution is -0.132. The quantitative estimate of drug-likeness (QED) is 0.407. The highest BCUT2D eigenvalue weighted by molar-refractivity contribution is 6.47. The first-order valence-electron chi connectivity index (χ1n) is 3.63. The summed E-state index contributed by atoms with van der Waals surface area (Å²) in [4.78, 5) is 10.4. The minimum atomic E-state index is -2.48. The number of hydrogen-bond donors (Lipinski definition) is 3. The molecule has 6 heteroatoms. The van der Waals surface area contributed by atoms with E-state index in [9.17, 15) is 9.18 Å². The zero-order valence-corrected chi connectivity index (χ0v) is 6.64. The highest BCUT2D eigenvalue weighted by atomic mass is 19.1. The average Bonchev–Trinajstić information content (AvgIpc) is 2.04. The van der Waals surface area contributed by atoms with Crippen LogP contribution in [0.1, 0.15) is 6.42 Å². The fourth-order valence-electron chi connectivity index (χ4n) is 1.05. The molecule has 3 N–H and O–H groups in total. The molecule has 13 heavy (non-hydrogen) atoms. The molecule has 0 fully saturated rings. The Labute approximate surface area is 74.1 Å². The van der Waals surface area contributed by atoms with Gasteiger partial charge in [0, 0.05) is 5.57 Å². The van der Waals surface area contributed by atoms with Crippen molar-refractivity contribution in [2.75, 3.05) is 0 Å². The summed E-state index contributed by atoms with van der Waals surface area (Å²) in [5.41, 5.74) is -2.66. The zero-order chi connectivity index (χ0) is 10.1. The van der Waals surface area contributed by atoms with E-state index in [0.717, 1.165) is 6.08 Å². The molecule has 0 aromatic carbocycles. The number of carboxylic acid groups (broad SMARTS) is 1. The summed E-state index contributed by atoms with van der Waals surface area (Å²) in [6, 6.07) is 0. The molecule has 0 saturated heterocycles. The molecule has 0 aliphatic heterocycles. The molecule has 1 rings (SSSR count). The van der Waals surface area contributed by atoms with E-state index in [1.54, 1.807) is 0 Å². The van der Waals surface area contributed by atoms with Gasteiger partial charge in [-0.05, 0) is 18.6 Å². The van der Waals surface area contributed by atoms with Gasteiger partial charge < -0.3 is 15.2 Å². The molecule has 0 bridgehead atoms. The predicted molar refractivity (Wildman–Crippen MR) is 43.5 cm³/mol. The first-order chi connectivity index (χ1) is 5.96. The van der Waals surface area contributed by atoms with Crippen molar-refractivity contribution in [1.29, 1.82) is 0 Å². The van der Waals surface area contributed by atoms with E-state index < -0.39 is 18.7 Å². The summed E-state index contributed by atoms with van der Waals surface area (Å²) in [5.74, 6) is -1.26. The van der Waals surface area contributed by atoms with Gasteiger partial charge in [-0.1, -0.05) is 6.08 Å². The van der Waals surface area contributed by atoms with E-state index in [1.165, 1.54) is 6.08 Å². The lowest BCUT2D eigenvalue weighted by Crippen LogP contribution is -2.40. The summed E-state index contributed by atoms with van der Waals surface area (Å²) >= 11 is 0. The maximum atomic E-state index is 13.4. The third-order valence-corrected chi connectivity index (χ3v) is 1.78.